The maximum absolute atomic E-state index is 13.0. The quantitative estimate of drug-likeness (QED) is 0.370. The van der Waals surface area contributed by atoms with Crippen LogP contribution in [0, 0.1) is 5.82 Å². The van der Waals surface area contributed by atoms with Gasteiger partial charge in [0.15, 0.2) is 11.5 Å². The van der Waals surface area contributed by atoms with Crippen molar-refractivity contribution < 1.29 is 19.0 Å². The largest absolute Gasteiger partial charge is 0.490 e. The van der Waals surface area contributed by atoms with Gasteiger partial charge in [0.2, 0.25) is 0 Å². The molecule has 0 spiro atoms. The number of rotatable bonds is 13. The lowest BCUT2D eigenvalue weighted by Gasteiger charge is -2.16. The fraction of sp³-hybridized carbons (Fsp3) is 0.429. The molecule has 0 saturated carbocycles. The minimum Gasteiger partial charge on any atom is -0.490 e. The molecule has 30 heavy (non-hydrogen) atoms. The van der Waals surface area contributed by atoms with E-state index in [4.69, 9.17) is 26.2 Å². The summed E-state index contributed by atoms with van der Waals surface area (Å²) in [7, 11) is 0. The molecule has 0 heterocycles. The van der Waals surface area contributed by atoms with Gasteiger partial charge in [0.1, 0.15) is 12.4 Å². The zero-order chi connectivity index (χ0) is 20.2. The van der Waals surface area contributed by atoms with E-state index < -0.39 is 0 Å². The number of ether oxygens (including phenoxy) is 2. The molecule has 0 aliphatic heterocycles. The maximum atomic E-state index is 13.0. The molecule has 0 radical (unpaired) electrons. The van der Waals surface area contributed by atoms with Crippen LogP contribution in [0.15, 0.2) is 36.4 Å². The van der Waals surface area contributed by atoms with Crippen molar-refractivity contribution >= 4 is 36.4 Å². The van der Waals surface area contributed by atoms with Crippen LogP contribution >= 0.6 is 36.4 Å². The van der Waals surface area contributed by atoms with E-state index in [0.29, 0.717) is 36.2 Å². The first-order valence-corrected chi connectivity index (χ1v) is 9.86. The summed E-state index contributed by atoms with van der Waals surface area (Å²) in [4.78, 5) is 0. The molecule has 0 aliphatic carbocycles. The van der Waals surface area contributed by atoms with Crippen molar-refractivity contribution in [2.45, 2.75) is 26.5 Å². The molecule has 0 unspecified atom stereocenters. The predicted octanol–water partition coefficient (Wildman–Crippen LogP) is 4.36. The number of halogens is 4. The van der Waals surface area contributed by atoms with Crippen LogP contribution in [0.2, 0.25) is 5.02 Å². The number of aliphatic hydroxyl groups is 1. The molecular weight excluding hydrogens is 454 g/mol. The highest BCUT2D eigenvalue weighted by Crippen LogP contribution is 2.37. The number of nitrogens with one attached hydrogen (secondary N) is 2. The third kappa shape index (κ3) is 10.2. The molecule has 2 rings (SSSR count). The highest BCUT2D eigenvalue weighted by molar-refractivity contribution is 6.32. The lowest BCUT2D eigenvalue weighted by Crippen LogP contribution is -2.23. The SMILES string of the molecule is CCOc1cc(CNCCCNCCO)cc(Cl)c1OCc1ccc(F)cc1.Cl.Cl. The third-order valence-electron chi connectivity index (χ3n) is 3.99. The Kier molecular flexibility index (Phi) is 15.7. The average molecular weight is 484 g/mol. The van der Waals surface area contributed by atoms with Gasteiger partial charge < -0.3 is 25.2 Å². The monoisotopic (exact) mass is 482 g/mol. The molecular formula is C21H30Cl3FN2O3. The van der Waals surface area contributed by atoms with Crippen molar-refractivity contribution in [1.82, 2.24) is 10.6 Å². The van der Waals surface area contributed by atoms with Gasteiger partial charge in [0, 0.05) is 13.1 Å². The number of aliphatic hydroxyl groups excluding tert-OH is 1. The lowest BCUT2D eigenvalue weighted by atomic mass is 10.2. The van der Waals surface area contributed by atoms with Crippen LogP contribution in [0.4, 0.5) is 4.39 Å². The Morgan fingerprint density at radius 1 is 0.967 bits per heavy atom. The molecule has 3 N–H and O–H groups in total. The molecule has 0 aromatic heterocycles. The fourth-order valence-electron chi connectivity index (χ4n) is 2.64. The van der Waals surface area contributed by atoms with Crippen molar-refractivity contribution in [3.8, 4) is 11.5 Å². The summed E-state index contributed by atoms with van der Waals surface area (Å²) in [5.41, 5.74) is 1.85. The molecule has 0 atom stereocenters. The molecule has 0 saturated heterocycles. The van der Waals surface area contributed by atoms with Crippen LogP contribution in [0.3, 0.4) is 0 Å². The topological polar surface area (TPSA) is 62.8 Å². The van der Waals surface area contributed by atoms with E-state index in [1.165, 1.54) is 12.1 Å². The summed E-state index contributed by atoms with van der Waals surface area (Å²) in [5, 5.41) is 15.7. The van der Waals surface area contributed by atoms with Crippen molar-refractivity contribution in [2.75, 3.05) is 32.8 Å². The van der Waals surface area contributed by atoms with E-state index in [-0.39, 0.29) is 43.8 Å². The van der Waals surface area contributed by atoms with Gasteiger partial charge in [-0.1, -0.05) is 23.7 Å². The van der Waals surface area contributed by atoms with E-state index in [1.54, 1.807) is 12.1 Å². The first-order chi connectivity index (χ1) is 13.6. The second-order valence-corrected chi connectivity index (χ2v) is 6.66. The van der Waals surface area contributed by atoms with E-state index in [0.717, 1.165) is 30.6 Å². The average Bonchev–Trinajstić information content (AvgIpc) is 2.68. The van der Waals surface area contributed by atoms with Crippen LogP contribution in [-0.2, 0) is 13.2 Å². The molecule has 2 aromatic rings. The first kappa shape index (κ1) is 28.7. The van der Waals surface area contributed by atoms with Gasteiger partial charge in [-0.3, -0.25) is 0 Å². The van der Waals surface area contributed by atoms with Crippen LogP contribution in [-0.4, -0.2) is 38.0 Å². The van der Waals surface area contributed by atoms with Crippen molar-refractivity contribution in [2.24, 2.45) is 0 Å². The molecule has 0 amide bonds. The number of hydrogen-bond acceptors (Lipinski definition) is 5. The van der Waals surface area contributed by atoms with Gasteiger partial charge in [-0.25, -0.2) is 4.39 Å². The van der Waals surface area contributed by atoms with E-state index in [9.17, 15) is 4.39 Å². The minimum atomic E-state index is -0.280. The standard InChI is InChI=1S/C21H28ClFN2O3.2ClH/c1-2-27-20-13-17(14-25-9-3-8-24-10-11-26)12-19(22)21(20)28-15-16-4-6-18(23)7-5-16;;/h4-7,12-13,24-26H,2-3,8-11,14-15H2,1H3;2*1H. The summed E-state index contributed by atoms with van der Waals surface area (Å²) in [6, 6.07) is 9.94. The Balaban J connectivity index is 0.00000420. The van der Waals surface area contributed by atoms with Crippen LogP contribution in [0.25, 0.3) is 0 Å². The minimum absolute atomic E-state index is 0. The van der Waals surface area contributed by atoms with Gasteiger partial charge in [-0.2, -0.15) is 0 Å². The van der Waals surface area contributed by atoms with Gasteiger partial charge in [-0.15, -0.1) is 24.8 Å². The van der Waals surface area contributed by atoms with Crippen molar-refractivity contribution in [3.05, 3.63) is 58.4 Å². The zero-order valence-electron chi connectivity index (χ0n) is 17.0. The zero-order valence-corrected chi connectivity index (χ0v) is 19.3. The Bertz CT molecular complexity index is 721. The highest BCUT2D eigenvalue weighted by atomic mass is 35.5. The summed E-state index contributed by atoms with van der Waals surface area (Å²) in [5.74, 6) is 0.807. The second-order valence-electron chi connectivity index (χ2n) is 6.26. The Hall–Kier alpha value is -1.28. The first-order valence-electron chi connectivity index (χ1n) is 9.48. The van der Waals surface area contributed by atoms with Gasteiger partial charge in [0.05, 0.1) is 18.2 Å². The lowest BCUT2D eigenvalue weighted by molar-refractivity contribution is 0.269. The van der Waals surface area contributed by atoms with Crippen molar-refractivity contribution in [1.29, 1.82) is 0 Å². The van der Waals surface area contributed by atoms with Crippen LogP contribution < -0.4 is 20.1 Å². The van der Waals surface area contributed by atoms with E-state index >= 15 is 0 Å². The Morgan fingerprint density at radius 2 is 1.67 bits per heavy atom. The normalized spacial score (nSPS) is 10.1. The summed E-state index contributed by atoms with van der Waals surface area (Å²) >= 11 is 6.43. The van der Waals surface area contributed by atoms with Gasteiger partial charge in [0.25, 0.3) is 0 Å². The molecule has 0 bridgehead atoms. The molecule has 9 heteroatoms. The van der Waals surface area contributed by atoms with Gasteiger partial charge >= 0.3 is 0 Å². The smallest absolute Gasteiger partial charge is 0.180 e. The predicted molar refractivity (Wildman–Crippen MR) is 124 cm³/mol. The van der Waals surface area contributed by atoms with Crippen LogP contribution in [0.1, 0.15) is 24.5 Å². The maximum Gasteiger partial charge on any atom is 0.180 e. The van der Waals surface area contributed by atoms with Gasteiger partial charge in [-0.05, 0) is 61.8 Å². The number of hydrogen-bond donors (Lipinski definition) is 3. The molecule has 0 fully saturated rings. The summed E-state index contributed by atoms with van der Waals surface area (Å²) < 4.78 is 24.6. The Labute approximate surface area is 195 Å². The second kappa shape index (κ2) is 16.4. The molecule has 2 aromatic carbocycles. The molecule has 0 aliphatic rings. The van der Waals surface area contributed by atoms with Crippen molar-refractivity contribution in [3.63, 3.8) is 0 Å². The van der Waals surface area contributed by atoms with E-state index in [2.05, 4.69) is 10.6 Å². The fourth-order valence-corrected chi connectivity index (χ4v) is 2.93. The molecule has 5 nitrogen and oxygen atoms in total. The third-order valence-corrected chi connectivity index (χ3v) is 4.27. The Morgan fingerprint density at radius 3 is 2.33 bits per heavy atom. The summed E-state index contributed by atoms with van der Waals surface area (Å²) in [6.45, 7) is 5.82. The summed E-state index contributed by atoms with van der Waals surface area (Å²) in [6.07, 6.45) is 0.963. The highest BCUT2D eigenvalue weighted by Gasteiger charge is 2.13. The van der Waals surface area contributed by atoms with E-state index in [1.807, 2.05) is 19.1 Å². The number of benzene rings is 2. The molecule has 170 valence electrons. The van der Waals surface area contributed by atoms with Crippen LogP contribution in [0.5, 0.6) is 11.5 Å².